The zero-order valence-electron chi connectivity index (χ0n) is 11.4. The summed E-state index contributed by atoms with van der Waals surface area (Å²) in [4.78, 5) is 24.1. The number of nitrogens with one attached hydrogen (secondary N) is 1. The summed E-state index contributed by atoms with van der Waals surface area (Å²) < 4.78 is 1.48. The van der Waals surface area contributed by atoms with Crippen molar-refractivity contribution in [1.29, 1.82) is 0 Å². The quantitative estimate of drug-likeness (QED) is 0.740. The number of aromatic amines is 1. The second kappa shape index (κ2) is 5.27. The molecule has 3 aromatic heterocycles. The molecule has 0 aliphatic carbocycles. The van der Waals surface area contributed by atoms with E-state index in [-0.39, 0.29) is 18.0 Å². The maximum absolute atomic E-state index is 11.8. The molecule has 0 amide bonds. The minimum atomic E-state index is -1.06. The van der Waals surface area contributed by atoms with Gasteiger partial charge in [0.15, 0.2) is 11.5 Å². The molecule has 0 saturated heterocycles. The average molecular weight is 308 g/mol. The third-order valence-corrected chi connectivity index (χ3v) is 2.95. The molecule has 3 heterocycles. The van der Waals surface area contributed by atoms with Crippen LogP contribution in [0.25, 0.3) is 16.9 Å². The topological polar surface area (TPSA) is 96.7 Å². The van der Waals surface area contributed by atoms with Crippen molar-refractivity contribution in [3.8, 4) is 5.82 Å². The first-order valence-electron chi connectivity index (χ1n) is 6.08. The van der Waals surface area contributed by atoms with Gasteiger partial charge in [-0.05, 0) is 26.0 Å². The van der Waals surface area contributed by atoms with E-state index >= 15 is 0 Å². The molecule has 7 nitrogen and oxygen atoms in total. The Bertz CT molecular complexity index is 834. The second-order valence-corrected chi connectivity index (χ2v) is 4.98. The van der Waals surface area contributed by atoms with E-state index < -0.39 is 5.60 Å². The van der Waals surface area contributed by atoms with E-state index in [4.69, 9.17) is 0 Å². The number of H-pyrrole nitrogens is 1. The highest BCUT2D eigenvalue weighted by Crippen LogP contribution is 2.19. The number of halogens is 1. The van der Waals surface area contributed by atoms with Crippen molar-refractivity contribution >= 4 is 23.4 Å². The Hall–Kier alpha value is -2.25. The van der Waals surface area contributed by atoms with Crippen molar-refractivity contribution in [3.05, 3.63) is 46.8 Å². The number of nitrogens with zero attached hydrogens (tertiary/aromatic N) is 4. The van der Waals surface area contributed by atoms with Gasteiger partial charge in [-0.15, -0.1) is 12.4 Å². The fraction of sp³-hybridized carbons (Fsp3) is 0.231. The molecule has 0 unspecified atom stereocenters. The van der Waals surface area contributed by atoms with E-state index in [1.807, 2.05) is 0 Å². The number of aliphatic hydroxyl groups is 1. The number of hydrogen-bond donors (Lipinski definition) is 2. The number of fused-ring (bicyclic) bond motifs is 1. The third kappa shape index (κ3) is 2.65. The fourth-order valence-electron chi connectivity index (χ4n) is 1.93. The molecule has 0 fully saturated rings. The van der Waals surface area contributed by atoms with Crippen LogP contribution in [0.15, 0.2) is 35.5 Å². The number of hydrogen-bond acceptors (Lipinski definition) is 5. The van der Waals surface area contributed by atoms with E-state index in [0.29, 0.717) is 22.5 Å². The summed E-state index contributed by atoms with van der Waals surface area (Å²) in [6.07, 6.45) is 2.82. The van der Waals surface area contributed by atoms with E-state index in [9.17, 15) is 9.90 Å². The van der Waals surface area contributed by atoms with Gasteiger partial charge in [-0.3, -0.25) is 9.89 Å². The van der Waals surface area contributed by atoms with Crippen LogP contribution in [-0.2, 0) is 5.60 Å². The third-order valence-electron chi connectivity index (χ3n) is 2.95. The molecule has 0 aliphatic heterocycles. The lowest BCUT2D eigenvalue weighted by molar-refractivity contribution is 0.0738. The number of rotatable bonds is 2. The first-order chi connectivity index (χ1) is 9.47. The normalized spacial score (nSPS) is 11.4. The Balaban J connectivity index is 0.00000161. The van der Waals surface area contributed by atoms with Gasteiger partial charge in [-0.25, -0.2) is 19.6 Å². The molecule has 2 N–H and O–H groups in total. The zero-order valence-corrected chi connectivity index (χ0v) is 12.3. The highest BCUT2D eigenvalue weighted by Gasteiger charge is 2.19. The molecular formula is C13H14ClN5O2. The predicted octanol–water partition coefficient (Wildman–Crippen LogP) is 1.15. The lowest BCUT2D eigenvalue weighted by atomic mass is 10.1. The molecule has 0 spiro atoms. The van der Waals surface area contributed by atoms with Gasteiger partial charge in [0.25, 0.3) is 5.56 Å². The Morgan fingerprint density at radius 1 is 1.33 bits per heavy atom. The van der Waals surface area contributed by atoms with Gasteiger partial charge >= 0.3 is 0 Å². The molecule has 0 radical (unpaired) electrons. The van der Waals surface area contributed by atoms with E-state index in [0.717, 1.165) is 0 Å². The second-order valence-electron chi connectivity index (χ2n) is 4.98. The van der Waals surface area contributed by atoms with Crippen molar-refractivity contribution < 1.29 is 5.11 Å². The minimum absolute atomic E-state index is 0. The van der Waals surface area contributed by atoms with Crippen LogP contribution >= 0.6 is 12.4 Å². The molecule has 0 bridgehead atoms. The van der Waals surface area contributed by atoms with Gasteiger partial charge in [0.05, 0.1) is 5.69 Å². The SMILES string of the molecule is CC(C)(O)c1cccc(-n2[nH]c(=O)c3cncnc32)n1.Cl. The maximum Gasteiger partial charge on any atom is 0.275 e. The number of pyridine rings is 1. The van der Waals surface area contributed by atoms with Gasteiger partial charge in [-0.1, -0.05) is 6.07 Å². The molecule has 0 aromatic carbocycles. The Morgan fingerprint density at radius 2 is 2.10 bits per heavy atom. The molecule has 0 aliphatic rings. The summed E-state index contributed by atoms with van der Waals surface area (Å²) in [6, 6.07) is 5.22. The van der Waals surface area contributed by atoms with Crippen LogP contribution in [0, 0.1) is 0 Å². The van der Waals surface area contributed by atoms with Crippen LogP contribution in [0.3, 0.4) is 0 Å². The van der Waals surface area contributed by atoms with E-state index in [2.05, 4.69) is 20.1 Å². The van der Waals surface area contributed by atoms with Crippen molar-refractivity contribution in [2.45, 2.75) is 19.4 Å². The lowest BCUT2D eigenvalue weighted by Gasteiger charge is -2.17. The van der Waals surface area contributed by atoms with Crippen molar-refractivity contribution in [2.24, 2.45) is 0 Å². The summed E-state index contributed by atoms with van der Waals surface area (Å²) in [5, 5.41) is 13.1. The van der Waals surface area contributed by atoms with Crippen LogP contribution in [0.5, 0.6) is 0 Å². The van der Waals surface area contributed by atoms with Gasteiger partial charge in [0.1, 0.15) is 17.3 Å². The summed E-state index contributed by atoms with van der Waals surface area (Å²) in [5.41, 5.74) is -0.387. The Kier molecular flexibility index (Phi) is 3.80. The molecule has 21 heavy (non-hydrogen) atoms. The van der Waals surface area contributed by atoms with Crippen LogP contribution in [0.1, 0.15) is 19.5 Å². The van der Waals surface area contributed by atoms with Crippen LogP contribution in [-0.4, -0.2) is 29.8 Å². The van der Waals surface area contributed by atoms with Crippen molar-refractivity contribution in [1.82, 2.24) is 24.7 Å². The monoisotopic (exact) mass is 307 g/mol. The van der Waals surface area contributed by atoms with Crippen molar-refractivity contribution in [2.75, 3.05) is 0 Å². The molecule has 3 aromatic rings. The molecule has 0 atom stereocenters. The summed E-state index contributed by atoms with van der Waals surface area (Å²) in [6.45, 7) is 3.30. The van der Waals surface area contributed by atoms with Gasteiger partial charge in [-0.2, -0.15) is 0 Å². The fourth-order valence-corrected chi connectivity index (χ4v) is 1.93. The number of aromatic nitrogens is 5. The maximum atomic E-state index is 11.8. The Morgan fingerprint density at radius 3 is 2.81 bits per heavy atom. The summed E-state index contributed by atoms with van der Waals surface area (Å²) >= 11 is 0. The molecular weight excluding hydrogens is 294 g/mol. The first-order valence-corrected chi connectivity index (χ1v) is 6.08. The predicted molar refractivity (Wildman–Crippen MR) is 79.8 cm³/mol. The van der Waals surface area contributed by atoms with Gasteiger partial charge in [0, 0.05) is 6.20 Å². The molecule has 0 saturated carbocycles. The Labute approximate surface area is 126 Å². The first kappa shape index (κ1) is 15.1. The largest absolute Gasteiger partial charge is 0.384 e. The average Bonchev–Trinajstić information content (AvgIpc) is 2.76. The van der Waals surface area contributed by atoms with E-state index in [1.165, 1.54) is 17.2 Å². The highest BCUT2D eigenvalue weighted by molar-refractivity contribution is 5.85. The van der Waals surface area contributed by atoms with Gasteiger partial charge in [0.2, 0.25) is 0 Å². The summed E-state index contributed by atoms with van der Waals surface area (Å²) in [7, 11) is 0. The van der Waals surface area contributed by atoms with Crippen LogP contribution < -0.4 is 5.56 Å². The summed E-state index contributed by atoms with van der Waals surface area (Å²) in [5.74, 6) is 0.482. The smallest absolute Gasteiger partial charge is 0.275 e. The molecule has 110 valence electrons. The lowest BCUT2D eigenvalue weighted by Crippen LogP contribution is -2.18. The highest BCUT2D eigenvalue weighted by atomic mass is 35.5. The van der Waals surface area contributed by atoms with Gasteiger partial charge < -0.3 is 5.11 Å². The molecule has 3 rings (SSSR count). The van der Waals surface area contributed by atoms with Crippen LogP contribution in [0.2, 0.25) is 0 Å². The van der Waals surface area contributed by atoms with Crippen LogP contribution in [0.4, 0.5) is 0 Å². The standard InChI is InChI=1S/C13H13N5O2.ClH/c1-13(2,20)9-4-3-5-10(16-9)18-11-8(12(19)17-18)6-14-7-15-11;/h3-7,20H,1-2H3,(H,17,19);1H. The molecule has 8 heteroatoms. The zero-order chi connectivity index (χ0) is 14.3. The van der Waals surface area contributed by atoms with Crippen molar-refractivity contribution in [3.63, 3.8) is 0 Å². The van der Waals surface area contributed by atoms with E-state index in [1.54, 1.807) is 32.0 Å². The minimum Gasteiger partial charge on any atom is -0.384 e.